The summed E-state index contributed by atoms with van der Waals surface area (Å²) < 4.78 is 0. The molecule has 1 N–H and O–H groups in total. The Morgan fingerprint density at radius 3 is 2.70 bits per heavy atom. The van der Waals surface area contributed by atoms with E-state index in [0.717, 1.165) is 16.8 Å². The second kappa shape index (κ2) is 7.69. The Balaban J connectivity index is 2.09. The Labute approximate surface area is 139 Å². The number of anilines is 1. The number of aromatic nitrogens is 1. The van der Waals surface area contributed by atoms with E-state index in [1.807, 2.05) is 43.5 Å². The lowest BCUT2D eigenvalue weighted by Crippen LogP contribution is -2.39. The van der Waals surface area contributed by atoms with Crippen molar-refractivity contribution in [3.05, 3.63) is 59.1 Å². The van der Waals surface area contributed by atoms with Crippen LogP contribution in [0, 0.1) is 13.8 Å². The second-order valence-corrected chi connectivity index (χ2v) is 6.01. The van der Waals surface area contributed by atoms with Crippen molar-refractivity contribution in [1.29, 1.82) is 0 Å². The first-order chi connectivity index (χ1) is 11.0. The maximum Gasteiger partial charge on any atom is 0.315 e. The maximum atomic E-state index is 12.4. The van der Waals surface area contributed by atoms with Crippen LogP contribution >= 0.6 is 11.3 Å². The first kappa shape index (κ1) is 16.9. The van der Waals surface area contributed by atoms with E-state index in [1.165, 1.54) is 16.2 Å². The van der Waals surface area contributed by atoms with Crippen LogP contribution in [0.3, 0.4) is 0 Å². The van der Waals surface area contributed by atoms with Gasteiger partial charge in [-0.05, 0) is 25.0 Å². The smallest absolute Gasteiger partial charge is 0.315 e. The van der Waals surface area contributed by atoms with Crippen LogP contribution in [-0.4, -0.2) is 28.2 Å². The van der Waals surface area contributed by atoms with Gasteiger partial charge in [0.15, 0.2) is 5.13 Å². The molecule has 0 bridgehead atoms. The van der Waals surface area contributed by atoms with Gasteiger partial charge in [0.2, 0.25) is 0 Å². The van der Waals surface area contributed by atoms with Crippen LogP contribution in [-0.2, 0) is 16.1 Å². The van der Waals surface area contributed by atoms with Crippen molar-refractivity contribution in [3.8, 4) is 0 Å². The van der Waals surface area contributed by atoms with Gasteiger partial charge >= 0.3 is 11.8 Å². The van der Waals surface area contributed by atoms with E-state index >= 15 is 0 Å². The Morgan fingerprint density at radius 1 is 1.35 bits per heavy atom. The molecule has 1 aromatic heterocycles. The van der Waals surface area contributed by atoms with Crippen molar-refractivity contribution in [3.63, 3.8) is 0 Å². The van der Waals surface area contributed by atoms with E-state index in [4.69, 9.17) is 0 Å². The second-order valence-electron chi connectivity index (χ2n) is 5.15. The molecule has 0 saturated carbocycles. The van der Waals surface area contributed by atoms with Gasteiger partial charge in [0.05, 0.1) is 5.69 Å². The Bertz CT molecular complexity index is 724. The highest BCUT2D eigenvalue weighted by Gasteiger charge is 2.22. The summed E-state index contributed by atoms with van der Waals surface area (Å²) in [7, 11) is 0. The molecule has 23 heavy (non-hydrogen) atoms. The number of hydrogen-bond acceptors (Lipinski definition) is 4. The number of amides is 2. The number of thiazole rings is 1. The van der Waals surface area contributed by atoms with Gasteiger partial charge < -0.3 is 4.90 Å². The molecule has 0 aliphatic rings. The molecule has 0 saturated heterocycles. The summed E-state index contributed by atoms with van der Waals surface area (Å²) >= 11 is 1.29. The fourth-order valence-corrected chi connectivity index (χ4v) is 2.76. The first-order valence-electron chi connectivity index (χ1n) is 7.19. The third-order valence-corrected chi connectivity index (χ3v) is 4.17. The van der Waals surface area contributed by atoms with Gasteiger partial charge in [0.25, 0.3) is 0 Å². The molecule has 0 aliphatic heterocycles. The lowest BCUT2D eigenvalue weighted by atomic mass is 10.1. The van der Waals surface area contributed by atoms with Gasteiger partial charge in [0, 0.05) is 18.5 Å². The quantitative estimate of drug-likeness (QED) is 0.678. The normalized spacial score (nSPS) is 10.2. The van der Waals surface area contributed by atoms with Gasteiger partial charge in [-0.15, -0.1) is 17.9 Å². The van der Waals surface area contributed by atoms with Gasteiger partial charge in [-0.3, -0.25) is 14.9 Å². The monoisotopic (exact) mass is 329 g/mol. The van der Waals surface area contributed by atoms with Gasteiger partial charge in [-0.2, -0.15) is 0 Å². The summed E-state index contributed by atoms with van der Waals surface area (Å²) in [5.41, 5.74) is 2.88. The first-order valence-corrected chi connectivity index (χ1v) is 8.07. The molecule has 1 aromatic carbocycles. The number of nitrogens with zero attached hydrogens (tertiary/aromatic N) is 2. The predicted octanol–water partition coefficient (Wildman–Crippen LogP) is 2.91. The lowest BCUT2D eigenvalue weighted by molar-refractivity contribution is -0.143. The van der Waals surface area contributed by atoms with E-state index in [2.05, 4.69) is 16.9 Å². The van der Waals surface area contributed by atoms with Crippen molar-refractivity contribution < 1.29 is 9.59 Å². The highest BCUT2D eigenvalue weighted by atomic mass is 32.1. The van der Waals surface area contributed by atoms with Gasteiger partial charge in [-0.25, -0.2) is 4.98 Å². The fraction of sp³-hybridized carbons (Fsp3) is 0.235. The number of nitrogens with one attached hydrogen (secondary N) is 1. The van der Waals surface area contributed by atoms with Gasteiger partial charge in [0.1, 0.15) is 0 Å². The number of carbonyl (C=O) groups is 2. The van der Waals surface area contributed by atoms with Gasteiger partial charge in [-0.1, -0.05) is 30.3 Å². The molecular formula is C17H19N3O2S. The third kappa shape index (κ3) is 4.50. The lowest BCUT2D eigenvalue weighted by Gasteiger charge is -2.21. The van der Waals surface area contributed by atoms with Crippen LogP contribution < -0.4 is 5.32 Å². The van der Waals surface area contributed by atoms with Crippen molar-refractivity contribution in [2.75, 3.05) is 11.9 Å². The Hall–Kier alpha value is -2.47. The van der Waals surface area contributed by atoms with Crippen molar-refractivity contribution in [2.45, 2.75) is 20.4 Å². The van der Waals surface area contributed by atoms with Crippen LogP contribution in [0.1, 0.15) is 16.8 Å². The number of benzene rings is 1. The molecule has 2 rings (SSSR count). The van der Waals surface area contributed by atoms with Crippen molar-refractivity contribution in [2.24, 2.45) is 0 Å². The molecule has 0 atom stereocenters. The molecule has 0 aliphatic carbocycles. The molecule has 2 aromatic rings. The summed E-state index contributed by atoms with van der Waals surface area (Å²) in [4.78, 5) is 30.1. The van der Waals surface area contributed by atoms with Crippen molar-refractivity contribution in [1.82, 2.24) is 9.88 Å². The zero-order valence-corrected chi connectivity index (χ0v) is 14.0. The molecule has 0 radical (unpaired) electrons. The van der Waals surface area contributed by atoms with E-state index in [0.29, 0.717) is 18.2 Å². The zero-order chi connectivity index (χ0) is 16.8. The van der Waals surface area contributed by atoms with Crippen LogP contribution in [0.15, 0.2) is 42.3 Å². The summed E-state index contributed by atoms with van der Waals surface area (Å²) in [5.74, 6) is -1.28. The maximum absolute atomic E-state index is 12.4. The molecule has 6 heteroatoms. The number of aryl methyl sites for hydroxylation is 2. The van der Waals surface area contributed by atoms with E-state index in [-0.39, 0.29) is 0 Å². The Kier molecular flexibility index (Phi) is 5.65. The number of rotatable bonds is 5. The summed E-state index contributed by atoms with van der Waals surface area (Å²) in [5, 5.41) is 4.79. The molecule has 0 spiro atoms. The van der Waals surface area contributed by atoms with Crippen molar-refractivity contribution >= 4 is 28.3 Å². The minimum Gasteiger partial charge on any atom is -0.326 e. The largest absolute Gasteiger partial charge is 0.326 e. The molecule has 120 valence electrons. The minimum absolute atomic E-state index is 0.303. The summed E-state index contributed by atoms with van der Waals surface area (Å²) in [6.45, 7) is 8.13. The molecule has 2 amide bonds. The molecule has 0 fully saturated rings. The molecule has 0 unspecified atom stereocenters. The summed E-state index contributed by atoms with van der Waals surface area (Å²) in [6, 6.07) is 7.78. The summed E-state index contributed by atoms with van der Waals surface area (Å²) in [6.07, 6.45) is 1.61. The third-order valence-electron chi connectivity index (χ3n) is 3.29. The topological polar surface area (TPSA) is 62.3 Å². The highest BCUT2D eigenvalue weighted by molar-refractivity contribution is 7.14. The van der Waals surface area contributed by atoms with Crippen LogP contribution in [0.2, 0.25) is 0 Å². The average molecular weight is 329 g/mol. The molecule has 5 nitrogen and oxygen atoms in total. The number of carbonyl (C=O) groups excluding carboxylic acids is 2. The van der Waals surface area contributed by atoms with Crippen LogP contribution in [0.5, 0.6) is 0 Å². The Morgan fingerprint density at radius 2 is 2.09 bits per heavy atom. The SMILES string of the molecule is C=CCN(Cc1ccccc1C)C(=O)C(=O)Nc1nc(C)cs1. The molecule has 1 heterocycles. The standard InChI is InChI=1S/C17H19N3O2S/c1-4-9-20(10-14-8-6-5-7-12(14)2)16(22)15(21)19-17-18-13(3)11-23-17/h4-8,11H,1,9-10H2,2-3H3,(H,18,19,21). The van der Waals surface area contributed by atoms with Crippen LogP contribution in [0.4, 0.5) is 5.13 Å². The average Bonchev–Trinajstić information content (AvgIpc) is 2.93. The minimum atomic E-state index is -0.685. The van der Waals surface area contributed by atoms with E-state index < -0.39 is 11.8 Å². The molecular weight excluding hydrogens is 310 g/mol. The fourth-order valence-electron chi connectivity index (χ4n) is 2.07. The zero-order valence-electron chi connectivity index (χ0n) is 13.2. The van der Waals surface area contributed by atoms with E-state index in [1.54, 1.807) is 6.08 Å². The number of hydrogen-bond donors (Lipinski definition) is 1. The van der Waals surface area contributed by atoms with Crippen LogP contribution in [0.25, 0.3) is 0 Å². The van der Waals surface area contributed by atoms with E-state index in [9.17, 15) is 9.59 Å². The highest BCUT2D eigenvalue weighted by Crippen LogP contribution is 2.15. The predicted molar refractivity (Wildman–Crippen MR) is 92.3 cm³/mol.